The highest BCUT2D eigenvalue weighted by Crippen LogP contribution is 2.22. The summed E-state index contributed by atoms with van der Waals surface area (Å²) in [5.74, 6) is -1.00. The minimum atomic E-state index is -0.421. The van der Waals surface area contributed by atoms with Crippen LogP contribution in [0.2, 0.25) is 0 Å². The highest BCUT2D eigenvalue weighted by Gasteiger charge is 2.21. The van der Waals surface area contributed by atoms with Gasteiger partial charge in [0.1, 0.15) is 11.6 Å². The summed E-state index contributed by atoms with van der Waals surface area (Å²) < 4.78 is 0. The van der Waals surface area contributed by atoms with Crippen LogP contribution < -0.4 is 10.6 Å². The van der Waals surface area contributed by atoms with Gasteiger partial charge in [0.2, 0.25) is 5.91 Å². The Bertz CT molecular complexity index is 1310. The zero-order chi connectivity index (χ0) is 25.7. The smallest absolute Gasteiger partial charge is 0.256 e. The number of amidine groups is 1. The Labute approximate surface area is 209 Å². The molecule has 36 heavy (non-hydrogen) atoms. The molecule has 0 atom stereocenters. The highest BCUT2D eigenvalue weighted by atomic mass is 16.3. The molecule has 184 valence electrons. The molecule has 3 amide bonds. The minimum absolute atomic E-state index is 0.00594. The van der Waals surface area contributed by atoms with E-state index in [-0.39, 0.29) is 29.8 Å². The molecule has 0 unspecified atom stereocenters. The molecule has 4 rings (SSSR count). The van der Waals surface area contributed by atoms with Crippen LogP contribution in [0.4, 0.5) is 5.69 Å². The number of nitrogens with one attached hydrogen (secondary N) is 3. The summed E-state index contributed by atoms with van der Waals surface area (Å²) in [7, 11) is 0. The number of carbonyl (C=O) groups is 3. The molecule has 8 nitrogen and oxygen atoms in total. The van der Waals surface area contributed by atoms with Gasteiger partial charge in [0.05, 0.1) is 6.42 Å². The summed E-state index contributed by atoms with van der Waals surface area (Å²) >= 11 is 0. The molecule has 0 radical (unpaired) electrons. The van der Waals surface area contributed by atoms with Gasteiger partial charge in [0.25, 0.3) is 11.8 Å². The van der Waals surface area contributed by atoms with Gasteiger partial charge in [-0.05, 0) is 73.9 Å². The number of likely N-dealkylation sites (tertiary alicyclic amines) is 1. The maximum atomic E-state index is 12.7. The van der Waals surface area contributed by atoms with E-state index in [1.807, 2.05) is 11.8 Å². The number of anilines is 1. The van der Waals surface area contributed by atoms with Crippen molar-refractivity contribution < 1.29 is 19.5 Å². The Hall–Kier alpha value is -4.46. The van der Waals surface area contributed by atoms with Crippen LogP contribution in [0.1, 0.15) is 50.2 Å². The summed E-state index contributed by atoms with van der Waals surface area (Å²) in [4.78, 5) is 39.6. The number of carbonyl (C=O) groups excluding carboxylic acids is 3. The van der Waals surface area contributed by atoms with Gasteiger partial charge in [-0.3, -0.25) is 19.8 Å². The molecule has 1 aliphatic rings. The topological polar surface area (TPSA) is 123 Å². The standard InChI is InChI=1S/C28H28N4O4/c1-18-15-22(10-11-23(18)28(36)32-13-5-6-14-32)30-25(34)17-21-16-20(9-12-24(21)33)26(29)31-27(35)19-7-3-2-4-8-19/h2-4,7-12,15-16,33H,5-6,13-14,17H2,1H3,(H,30,34)(H2,29,31,35). The van der Waals surface area contributed by atoms with Gasteiger partial charge in [-0.1, -0.05) is 18.2 Å². The molecule has 4 N–H and O–H groups in total. The van der Waals surface area contributed by atoms with Gasteiger partial charge in [-0.15, -0.1) is 0 Å². The lowest BCUT2D eigenvalue weighted by Gasteiger charge is -2.17. The first-order valence-electron chi connectivity index (χ1n) is 11.8. The number of hydrogen-bond acceptors (Lipinski definition) is 5. The summed E-state index contributed by atoms with van der Waals surface area (Å²) in [5, 5.41) is 23.8. The Balaban J connectivity index is 1.40. The normalized spacial score (nSPS) is 12.8. The molecule has 0 saturated carbocycles. The van der Waals surface area contributed by atoms with E-state index in [4.69, 9.17) is 5.41 Å². The van der Waals surface area contributed by atoms with Crippen molar-refractivity contribution in [1.29, 1.82) is 5.41 Å². The van der Waals surface area contributed by atoms with Crippen molar-refractivity contribution in [3.63, 3.8) is 0 Å². The molecule has 0 bridgehead atoms. The second-order valence-electron chi connectivity index (χ2n) is 8.79. The highest BCUT2D eigenvalue weighted by molar-refractivity contribution is 6.11. The molecule has 0 aromatic heterocycles. The zero-order valence-electron chi connectivity index (χ0n) is 20.0. The third-order valence-electron chi connectivity index (χ3n) is 6.13. The fraction of sp³-hybridized carbons (Fsp3) is 0.214. The first-order valence-corrected chi connectivity index (χ1v) is 11.8. The van der Waals surface area contributed by atoms with Gasteiger partial charge >= 0.3 is 0 Å². The lowest BCUT2D eigenvalue weighted by molar-refractivity contribution is -0.115. The monoisotopic (exact) mass is 484 g/mol. The fourth-order valence-electron chi connectivity index (χ4n) is 4.18. The van der Waals surface area contributed by atoms with Gasteiger partial charge in [-0.2, -0.15) is 0 Å². The van der Waals surface area contributed by atoms with Gasteiger partial charge < -0.3 is 20.6 Å². The van der Waals surface area contributed by atoms with Crippen LogP contribution in [0.15, 0.2) is 66.7 Å². The summed E-state index contributed by atoms with van der Waals surface area (Å²) in [6.07, 6.45) is 1.91. The van der Waals surface area contributed by atoms with E-state index in [0.717, 1.165) is 31.5 Å². The molecule has 0 aliphatic carbocycles. The van der Waals surface area contributed by atoms with Crippen molar-refractivity contribution in [2.45, 2.75) is 26.2 Å². The summed E-state index contributed by atoms with van der Waals surface area (Å²) in [6, 6.07) is 18.1. The number of nitrogens with zero attached hydrogens (tertiary/aromatic N) is 1. The third-order valence-corrected chi connectivity index (χ3v) is 6.13. The molecule has 1 fully saturated rings. The van der Waals surface area contributed by atoms with Gasteiger partial charge in [0.15, 0.2) is 0 Å². The Morgan fingerprint density at radius 2 is 1.67 bits per heavy atom. The van der Waals surface area contributed by atoms with Crippen molar-refractivity contribution in [2.75, 3.05) is 18.4 Å². The second-order valence-corrected chi connectivity index (χ2v) is 8.79. The van der Waals surface area contributed by atoms with Crippen LogP contribution in [0.3, 0.4) is 0 Å². The van der Waals surface area contributed by atoms with Crippen LogP contribution in [0.5, 0.6) is 5.75 Å². The first kappa shape index (κ1) is 24.7. The fourth-order valence-corrected chi connectivity index (χ4v) is 4.18. The number of amides is 3. The Morgan fingerprint density at radius 1 is 0.944 bits per heavy atom. The SMILES string of the molecule is Cc1cc(NC(=O)Cc2cc(C(=N)NC(=O)c3ccccc3)ccc2O)ccc1C(=O)N1CCCC1. The summed E-state index contributed by atoms with van der Waals surface area (Å²) in [5.41, 5.74) is 3.05. The van der Waals surface area contributed by atoms with Crippen LogP contribution >= 0.6 is 0 Å². The van der Waals surface area contributed by atoms with Crippen molar-refractivity contribution in [3.05, 3.63) is 94.5 Å². The Morgan fingerprint density at radius 3 is 2.36 bits per heavy atom. The molecule has 3 aromatic rings. The van der Waals surface area contributed by atoms with Crippen molar-refractivity contribution in [3.8, 4) is 5.75 Å². The zero-order valence-corrected chi connectivity index (χ0v) is 20.0. The van der Waals surface area contributed by atoms with Crippen LogP contribution in [-0.2, 0) is 11.2 Å². The van der Waals surface area contributed by atoms with E-state index < -0.39 is 5.91 Å². The van der Waals surface area contributed by atoms with E-state index >= 15 is 0 Å². The van der Waals surface area contributed by atoms with E-state index in [9.17, 15) is 19.5 Å². The van der Waals surface area contributed by atoms with Crippen molar-refractivity contribution in [2.24, 2.45) is 0 Å². The summed E-state index contributed by atoms with van der Waals surface area (Å²) in [6.45, 7) is 3.38. The van der Waals surface area contributed by atoms with E-state index in [1.165, 1.54) is 18.2 Å². The van der Waals surface area contributed by atoms with Crippen LogP contribution in [0.25, 0.3) is 0 Å². The molecular formula is C28H28N4O4. The van der Waals surface area contributed by atoms with E-state index in [0.29, 0.717) is 27.9 Å². The van der Waals surface area contributed by atoms with Crippen LogP contribution in [-0.4, -0.2) is 46.7 Å². The first-order chi connectivity index (χ1) is 17.3. The van der Waals surface area contributed by atoms with Gasteiger partial charge in [-0.25, -0.2) is 0 Å². The second kappa shape index (κ2) is 10.9. The maximum absolute atomic E-state index is 12.7. The van der Waals surface area contributed by atoms with E-state index in [1.54, 1.807) is 48.5 Å². The molecule has 1 saturated heterocycles. The number of rotatable bonds is 6. The average molecular weight is 485 g/mol. The number of phenolic OH excluding ortho intramolecular Hbond substituents is 1. The predicted octanol–water partition coefficient (Wildman–Crippen LogP) is 3.87. The maximum Gasteiger partial charge on any atom is 0.256 e. The quantitative estimate of drug-likeness (QED) is 0.313. The van der Waals surface area contributed by atoms with E-state index in [2.05, 4.69) is 10.6 Å². The van der Waals surface area contributed by atoms with Crippen molar-refractivity contribution in [1.82, 2.24) is 10.2 Å². The third kappa shape index (κ3) is 5.78. The molecule has 1 aliphatic heterocycles. The minimum Gasteiger partial charge on any atom is -0.508 e. The predicted molar refractivity (Wildman–Crippen MR) is 137 cm³/mol. The average Bonchev–Trinajstić information content (AvgIpc) is 3.41. The molecule has 8 heteroatoms. The molecule has 0 spiro atoms. The molecule has 3 aromatic carbocycles. The number of phenols is 1. The lowest BCUT2D eigenvalue weighted by atomic mass is 10.0. The van der Waals surface area contributed by atoms with Gasteiger partial charge in [0, 0.05) is 41.0 Å². The number of hydrogen-bond donors (Lipinski definition) is 4. The largest absolute Gasteiger partial charge is 0.508 e. The lowest BCUT2D eigenvalue weighted by Crippen LogP contribution is -2.30. The number of aryl methyl sites for hydroxylation is 1. The Kier molecular flexibility index (Phi) is 7.44. The molecule has 1 heterocycles. The van der Waals surface area contributed by atoms with Crippen molar-refractivity contribution >= 4 is 29.2 Å². The van der Waals surface area contributed by atoms with Crippen LogP contribution in [0, 0.1) is 12.3 Å². The molecular weight excluding hydrogens is 456 g/mol. The number of aromatic hydroxyl groups is 1. The number of benzene rings is 3.